The summed E-state index contributed by atoms with van der Waals surface area (Å²) in [5.74, 6) is 0. The van der Waals surface area contributed by atoms with Gasteiger partial charge in [0, 0.05) is 0 Å². The fourth-order valence-electron chi connectivity index (χ4n) is 2.89. The number of rotatable bonds is 3. The van der Waals surface area contributed by atoms with Crippen molar-refractivity contribution in [2.75, 3.05) is 0 Å². The first kappa shape index (κ1) is 22.9. The van der Waals surface area contributed by atoms with Crippen LogP contribution in [0.15, 0.2) is 35.6 Å². The Labute approximate surface area is 156 Å². The molecule has 0 atom stereocenters. The molecule has 108 valence electrons. The van der Waals surface area contributed by atoms with Crippen LogP contribution in [0.5, 0.6) is 0 Å². The van der Waals surface area contributed by atoms with Gasteiger partial charge in [-0.1, -0.05) is 37.9 Å². The predicted molar refractivity (Wildman–Crippen MR) is 77.2 cm³/mol. The van der Waals surface area contributed by atoms with E-state index in [9.17, 15) is 0 Å². The number of hydrogen-bond acceptors (Lipinski definition) is 0. The molecule has 1 heterocycles. The van der Waals surface area contributed by atoms with Gasteiger partial charge >= 0.3 is 25.8 Å². The minimum Gasteiger partial charge on any atom is -1.00 e. The van der Waals surface area contributed by atoms with E-state index in [2.05, 4.69) is 37.3 Å². The summed E-state index contributed by atoms with van der Waals surface area (Å²) in [6, 6.07) is 4.65. The van der Waals surface area contributed by atoms with Crippen LogP contribution in [0.25, 0.3) is 0 Å². The molecule has 20 heavy (non-hydrogen) atoms. The van der Waals surface area contributed by atoms with Gasteiger partial charge < -0.3 is 24.8 Å². The largest absolute Gasteiger partial charge is 4.00 e. The maximum Gasteiger partial charge on any atom is 4.00 e. The summed E-state index contributed by atoms with van der Waals surface area (Å²) in [7, 11) is -0.867. The normalized spacial score (nSPS) is 19.6. The summed E-state index contributed by atoms with van der Waals surface area (Å²) in [5, 5.41) is 1.73. The first-order chi connectivity index (χ1) is 8.37. The van der Waals surface area contributed by atoms with E-state index in [0.717, 1.165) is 6.42 Å². The number of allylic oxidation sites excluding steroid dienone is 8. The van der Waals surface area contributed by atoms with Gasteiger partial charge in [0.1, 0.15) is 0 Å². The van der Waals surface area contributed by atoms with Gasteiger partial charge in [-0.3, -0.25) is 12.2 Å². The molecule has 3 rings (SSSR count). The Kier molecular flexibility index (Phi) is 14.0. The van der Waals surface area contributed by atoms with Gasteiger partial charge in [-0.05, 0) is 0 Å². The van der Waals surface area contributed by atoms with Gasteiger partial charge in [0.25, 0.3) is 0 Å². The molecule has 0 nitrogen and oxygen atoms in total. The Balaban J connectivity index is 0. The van der Waals surface area contributed by atoms with Crippen LogP contribution in [0.2, 0.25) is 18.1 Å². The molecule has 0 aromatic heterocycles. The topological polar surface area (TPSA) is 0 Å². The van der Waals surface area contributed by atoms with Gasteiger partial charge in [-0.2, -0.15) is 11.3 Å². The van der Waals surface area contributed by atoms with E-state index in [-0.39, 0.29) is 50.7 Å². The van der Waals surface area contributed by atoms with Gasteiger partial charge in [0.05, 0.1) is 8.07 Å². The maximum atomic E-state index is 3.48. The molecule has 2 aliphatic carbocycles. The van der Waals surface area contributed by atoms with Crippen molar-refractivity contribution in [3.8, 4) is 0 Å². The van der Waals surface area contributed by atoms with E-state index >= 15 is 0 Å². The van der Waals surface area contributed by atoms with Crippen molar-refractivity contribution in [3.63, 3.8) is 0 Å². The summed E-state index contributed by atoms with van der Waals surface area (Å²) >= 11 is 0. The van der Waals surface area contributed by atoms with Crippen LogP contribution in [0.4, 0.5) is 0 Å². The average molecular weight is 492 g/mol. The second-order valence-corrected chi connectivity index (χ2v) is 9.78. The fraction of sp³-hybridized carbons (Fsp3) is 0.500. The molecule has 0 bridgehead atoms. The van der Waals surface area contributed by atoms with Crippen molar-refractivity contribution in [3.05, 3.63) is 47.7 Å². The van der Waals surface area contributed by atoms with E-state index in [1.807, 2.05) is 12.2 Å². The Bertz CT molecular complexity index is 359. The molecule has 0 saturated carbocycles. The Morgan fingerprint density at radius 1 is 1.20 bits per heavy atom. The SMILES string of the molecule is CCC[Si]1(C2=[C-]C=CC2)CCC1.[C-]1=CC=CC1.[Cl-].[Cl-].[Hf+4]. The zero-order valence-corrected chi connectivity index (χ0v) is 18.2. The molecule has 0 unspecified atom stereocenters. The molecule has 0 aromatic rings. The molecule has 1 aliphatic heterocycles. The zero-order valence-electron chi connectivity index (χ0n) is 12.1. The number of halogens is 2. The minimum atomic E-state index is -0.867. The Morgan fingerprint density at radius 3 is 2.25 bits per heavy atom. The van der Waals surface area contributed by atoms with Gasteiger partial charge in [0.2, 0.25) is 0 Å². The van der Waals surface area contributed by atoms with Crippen LogP contribution >= 0.6 is 0 Å². The third-order valence-electron chi connectivity index (χ3n) is 3.96. The van der Waals surface area contributed by atoms with Crippen LogP contribution in [0.1, 0.15) is 32.6 Å². The fourth-order valence-corrected chi connectivity index (χ4v) is 7.40. The number of hydrogen-bond donors (Lipinski definition) is 0. The molecule has 0 N–H and O–H groups in total. The van der Waals surface area contributed by atoms with Crippen LogP contribution in [-0.2, 0) is 25.8 Å². The first-order valence-corrected chi connectivity index (χ1v) is 9.49. The molecular formula is C16H22Cl2HfSi. The zero-order chi connectivity index (χ0) is 12.0. The van der Waals surface area contributed by atoms with E-state index in [1.165, 1.54) is 25.3 Å². The smallest absolute Gasteiger partial charge is 1.00 e. The summed E-state index contributed by atoms with van der Waals surface area (Å²) < 4.78 is 0. The molecule has 0 spiro atoms. The van der Waals surface area contributed by atoms with Crippen LogP contribution in [0, 0.1) is 12.2 Å². The van der Waals surface area contributed by atoms with Crippen LogP contribution in [-0.4, -0.2) is 8.07 Å². The Morgan fingerprint density at radius 2 is 1.95 bits per heavy atom. The first-order valence-electron chi connectivity index (χ1n) is 6.87. The minimum absolute atomic E-state index is 0. The third kappa shape index (κ3) is 6.17. The predicted octanol–water partition coefficient (Wildman–Crippen LogP) is -1.21. The van der Waals surface area contributed by atoms with Crippen LogP contribution in [0.3, 0.4) is 0 Å². The molecule has 1 saturated heterocycles. The van der Waals surface area contributed by atoms with E-state index < -0.39 is 8.07 Å². The Hall–Kier alpha value is 0.627. The quantitative estimate of drug-likeness (QED) is 0.343. The van der Waals surface area contributed by atoms with Gasteiger partial charge in [-0.15, -0.1) is 12.8 Å². The van der Waals surface area contributed by atoms with E-state index in [1.54, 1.807) is 17.3 Å². The summed E-state index contributed by atoms with van der Waals surface area (Å²) in [4.78, 5) is 0. The van der Waals surface area contributed by atoms with Crippen molar-refractivity contribution in [1.82, 2.24) is 0 Å². The van der Waals surface area contributed by atoms with Crippen LogP contribution < -0.4 is 24.8 Å². The van der Waals surface area contributed by atoms with Crippen molar-refractivity contribution in [2.24, 2.45) is 0 Å². The van der Waals surface area contributed by atoms with E-state index in [0.29, 0.717) is 0 Å². The van der Waals surface area contributed by atoms with Gasteiger partial charge in [-0.25, -0.2) is 24.3 Å². The summed E-state index contributed by atoms with van der Waals surface area (Å²) in [5.41, 5.74) is 0. The van der Waals surface area contributed by atoms with E-state index in [4.69, 9.17) is 0 Å². The molecule has 0 aromatic carbocycles. The molecule has 0 radical (unpaired) electrons. The monoisotopic (exact) mass is 492 g/mol. The van der Waals surface area contributed by atoms with Crippen molar-refractivity contribution in [2.45, 2.75) is 50.7 Å². The van der Waals surface area contributed by atoms with Crippen molar-refractivity contribution < 1.29 is 50.7 Å². The van der Waals surface area contributed by atoms with Gasteiger partial charge in [0.15, 0.2) is 0 Å². The molecule has 0 amide bonds. The molecular weight excluding hydrogens is 470 g/mol. The average Bonchev–Trinajstić information content (AvgIpc) is 2.97. The van der Waals surface area contributed by atoms with Crippen molar-refractivity contribution in [1.29, 1.82) is 0 Å². The molecule has 4 heteroatoms. The summed E-state index contributed by atoms with van der Waals surface area (Å²) in [6.07, 6.45) is 22.0. The summed E-state index contributed by atoms with van der Waals surface area (Å²) in [6.45, 7) is 2.33. The standard InChI is InChI=1S/C11H17Si.C5H5.2ClH.Hf/c1-2-8-12(9-5-10-12)11-6-3-4-7-11;1-2-4-5-3-1;;;/h3-4H,2,5-6,8-10H2,1H3;1-3H,4H2;2*1H;/q2*-1;;;+4/p-2. The van der Waals surface area contributed by atoms with Crippen molar-refractivity contribution >= 4 is 8.07 Å². The molecule has 1 fully saturated rings. The third-order valence-corrected chi connectivity index (χ3v) is 9.67. The maximum absolute atomic E-state index is 3.48. The second kappa shape index (κ2) is 12.2. The molecule has 3 aliphatic rings. The second-order valence-electron chi connectivity index (χ2n) is 5.12.